The summed E-state index contributed by atoms with van der Waals surface area (Å²) < 4.78 is 0. The Bertz CT molecular complexity index is 486. The first-order chi connectivity index (χ1) is 10.1. The summed E-state index contributed by atoms with van der Waals surface area (Å²) in [4.78, 5) is 28.9. The van der Waals surface area contributed by atoms with Crippen LogP contribution in [0.25, 0.3) is 0 Å². The molecule has 4 atom stereocenters. The van der Waals surface area contributed by atoms with Crippen LogP contribution in [0, 0.1) is 0 Å². The summed E-state index contributed by atoms with van der Waals surface area (Å²) in [6.45, 7) is 3.77. The third-order valence-corrected chi connectivity index (χ3v) is 7.07. The maximum atomic E-state index is 13.0. The van der Waals surface area contributed by atoms with Crippen LogP contribution >= 0.6 is 11.8 Å². The van der Waals surface area contributed by atoms with Crippen LogP contribution < -0.4 is 5.32 Å². The number of nitrogens with zero attached hydrogens (tertiary/aromatic N) is 2. The number of fused-ring (bicyclic) bond motifs is 3. The summed E-state index contributed by atoms with van der Waals surface area (Å²) in [5.74, 6) is 1.10. The van der Waals surface area contributed by atoms with Crippen molar-refractivity contribution < 1.29 is 9.59 Å². The fraction of sp³-hybridized carbons (Fsp3) is 0.867. The first kappa shape index (κ1) is 13.9. The van der Waals surface area contributed by atoms with Crippen LogP contribution in [0.1, 0.15) is 39.0 Å². The van der Waals surface area contributed by atoms with Crippen LogP contribution in [0.4, 0.5) is 0 Å². The molecule has 0 radical (unpaired) electrons. The van der Waals surface area contributed by atoms with Crippen molar-refractivity contribution in [2.45, 2.75) is 62.0 Å². The third-order valence-electron chi connectivity index (χ3n) is 5.56. The lowest BCUT2D eigenvalue weighted by Gasteiger charge is -2.33. The maximum Gasteiger partial charge on any atom is 0.246 e. The summed E-state index contributed by atoms with van der Waals surface area (Å²) in [5.41, 5.74) is 0. The number of rotatable bonds is 1. The molecule has 0 saturated carbocycles. The van der Waals surface area contributed by atoms with Crippen LogP contribution in [0.2, 0.25) is 0 Å². The van der Waals surface area contributed by atoms with Gasteiger partial charge < -0.3 is 15.1 Å². The van der Waals surface area contributed by atoms with Gasteiger partial charge in [0, 0.05) is 37.3 Å². The highest BCUT2D eigenvalue weighted by Gasteiger charge is 2.53. The molecule has 6 heteroatoms. The summed E-state index contributed by atoms with van der Waals surface area (Å²) in [6.07, 6.45) is 4.95. The van der Waals surface area contributed by atoms with E-state index in [4.69, 9.17) is 0 Å². The monoisotopic (exact) mass is 309 g/mol. The van der Waals surface area contributed by atoms with E-state index in [9.17, 15) is 9.59 Å². The molecule has 4 unspecified atom stereocenters. The van der Waals surface area contributed by atoms with Crippen molar-refractivity contribution in [1.29, 1.82) is 0 Å². The molecule has 4 heterocycles. The molecule has 4 saturated heterocycles. The molecule has 21 heavy (non-hydrogen) atoms. The molecular weight excluding hydrogens is 286 g/mol. The SMILES string of the molecule is CC12CCC(=O)N1C(C(=O)N1CCC3CCC(C1)N3)CS2. The van der Waals surface area contributed by atoms with E-state index in [0.29, 0.717) is 18.5 Å². The van der Waals surface area contributed by atoms with Crippen molar-refractivity contribution in [3.8, 4) is 0 Å². The summed E-state index contributed by atoms with van der Waals surface area (Å²) in [6, 6.07) is 0.812. The first-order valence-corrected chi connectivity index (χ1v) is 9.06. The Morgan fingerprint density at radius 2 is 2.14 bits per heavy atom. The lowest BCUT2D eigenvalue weighted by molar-refractivity contribution is -0.143. The standard InChI is InChI=1S/C15H23N3O2S/c1-15-6-4-13(19)18(15)12(9-21-15)14(20)17-7-5-10-2-3-11(8-17)16-10/h10-12,16H,2-9H2,1H3. The van der Waals surface area contributed by atoms with Gasteiger partial charge in [-0.2, -0.15) is 0 Å². The smallest absolute Gasteiger partial charge is 0.246 e. The number of thioether (sulfide) groups is 1. The Morgan fingerprint density at radius 1 is 1.33 bits per heavy atom. The second-order valence-corrected chi connectivity index (χ2v) is 8.48. The predicted molar refractivity (Wildman–Crippen MR) is 81.9 cm³/mol. The van der Waals surface area contributed by atoms with Crippen molar-refractivity contribution in [3.63, 3.8) is 0 Å². The topological polar surface area (TPSA) is 52.7 Å². The van der Waals surface area contributed by atoms with E-state index in [0.717, 1.165) is 31.7 Å². The second-order valence-electron chi connectivity index (χ2n) is 6.98. The Hall–Kier alpha value is -0.750. The normalized spacial score (nSPS) is 42.3. The van der Waals surface area contributed by atoms with E-state index < -0.39 is 0 Å². The fourth-order valence-electron chi connectivity index (χ4n) is 4.36. The van der Waals surface area contributed by atoms with E-state index in [1.54, 1.807) is 11.8 Å². The van der Waals surface area contributed by atoms with Crippen LogP contribution in [-0.2, 0) is 9.59 Å². The fourth-order valence-corrected chi connectivity index (χ4v) is 5.78. The van der Waals surface area contributed by atoms with Crippen LogP contribution in [0.15, 0.2) is 0 Å². The number of hydrogen-bond donors (Lipinski definition) is 1. The Balaban J connectivity index is 1.51. The predicted octanol–water partition coefficient (Wildman–Crippen LogP) is 0.793. The zero-order valence-corrected chi connectivity index (χ0v) is 13.3. The van der Waals surface area contributed by atoms with Crippen molar-refractivity contribution in [1.82, 2.24) is 15.1 Å². The maximum absolute atomic E-state index is 13.0. The summed E-state index contributed by atoms with van der Waals surface area (Å²) >= 11 is 1.78. The van der Waals surface area contributed by atoms with Crippen molar-refractivity contribution in [2.75, 3.05) is 18.8 Å². The number of nitrogens with one attached hydrogen (secondary N) is 1. The second kappa shape index (κ2) is 4.88. The minimum Gasteiger partial charge on any atom is -0.339 e. The zero-order chi connectivity index (χ0) is 14.6. The van der Waals surface area contributed by atoms with Crippen molar-refractivity contribution in [2.24, 2.45) is 0 Å². The minimum atomic E-state index is -0.230. The van der Waals surface area contributed by atoms with Gasteiger partial charge in [0.25, 0.3) is 0 Å². The van der Waals surface area contributed by atoms with Gasteiger partial charge in [0.05, 0.1) is 4.87 Å². The molecule has 0 aromatic heterocycles. The molecule has 1 N–H and O–H groups in total. The number of amides is 2. The number of carbonyl (C=O) groups is 2. The van der Waals surface area contributed by atoms with Gasteiger partial charge in [-0.1, -0.05) is 0 Å². The molecule has 116 valence electrons. The van der Waals surface area contributed by atoms with E-state index in [1.165, 1.54) is 12.8 Å². The van der Waals surface area contributed by atoms with Gasteiger partial charge >= 0.3 is 0 Å². The van der Waals surface area contributed by atoms with Gasteiger partial charge in [0.2, 0.25) is 11.8 Å². The Labute approximate surface area is 129 Å². The largest absolute Gasteiger partial charge is 0.339 e. The lowest BCUT2D eigenvalue weighted by atomic mass is 10.1. The van der Waals surface area contributed by atoms with Gasteiger partial charge in [-0.05, 0) is 32.6 Å². The highest BCUT2D eigenvalue weighted by Crippen LogP contribution is 2.47. The van der Waals surface area contributed by atoms with Gasteiger partial charge in [0.1, 0.15) is 6.04 Å². The molecule has 2 amide bonds. The summed E-state index contributed by atoms with van der Waals surface area (Å²) in [5, 5.41) is 3.61. The van der Waals surface area contributed by atoms with Crippen LogP contribution in [0.3, 0.4) is 0 Å². The van der Waals surface area contributed by atoms with E-state index in [1.807, 2.05) is 9.80 Å². The van der Waals surface area contributed by atoms with Gasteiger partial charge in [0.15, 0.2) is 0 Å². The quantitative estimate of drug-likeness (QED) is 0.778. The Kier molecular flexibility index (Phi) is 3.23. The highest BCUT2D eigenvalue weighted by molar-refractivity contribution is 8.01. The molecule has 0 spiro atoms. The van der Waals surface area contributed by atoms with E-state index in [2.05, 4.69) is 12.2 Å². The molecule has 5 nitrogen and oxygen atoms in total. The van der Waals surface area contributed by atoms with Crippen LogP contribution in [0.5, 0.6) is 0 Å². The molecule has 0 aromatic carbocycles. The van der Waals surface area contributed by atoms with Gasteiger partial charge in [-0.3, -0.25) is 9.59 Å². The van der Waals surface area contributed by atoms with Crippen molar-refractivity contribution >= 4 is 23.6 Å². The van der Waals surface area contributed by atoms with Crippen LogP contribution in [-0.4, -0.2) is 63.5 Å². The van der Waals surface area contributed by atoms with Crippen molar-refractivity contribution in [3.05, 3.63) is 0 Å². The number of hydrogen-bond acceptors (Lipinski definition) is 4. The number of likely N-dealkylation sites (tertiary alicyclic amines) is 1. The number of carbonyl (C=O) groups excluding carboxylic acids is 2. The molecule has 0 aromatic rings. The molecule has 4 aliphatic rings. The van der Waals surface area contributed by atoms with Gasteiger partial charge in [-0.15, -0.1) is 11.8 Å². The minimum absolute atomic E-state index is 0.138. The molecule has 0 aliphatic carbocycles. The molecular formula is C15H23N3O2S. The zero-order valence-electron chi connectivity index (χ0n) is 12.5. The van der Waals surface area contributed by atoms with E-state index in [-0.39, 0.29) is 22.7 Å². The molecule has 4 fully saturated rings. The Morgan fingerprint density at radius 3 is 3.00 bits per heavy atom. The third kappa shape index (κ3) is 2.18. The molecule has 2 bridgehead atoms. The van der Waals surface area contributed by atoms with Gasteiger partial charge in [-0.25, -0.2) is 0 Å². The molecule has 4 aliphatic heterocycles. The lowest BCUT2D eigenvalue weighted by Crippen LogP contribution is -2.52. The first-order valence-electron chi connectivity index (χ1n) is 8.08. The van der Waals surface area contributed by atoms with E-state index >= 15 is 0 Å². The molecule has 4 rings (SSSR count). The summed E-state index contributed by atoms with van der Waals surface area (Å²) in [7, 11) is 0. The average Bonchev–Trinajstić information content (AvgIpc) is 3.04. The average molecular weight is 309 g/mol. The highest BCUT2D eigenvalue weighted by atomic mass is 32.2.